The molecule has 1 aromatic carbocycles. The molecular weight excluding hydrogens is 264 g/mol. The van der Waals surface area contributed by atoms with Gasteiger partial charge in [0.2, 0.25) is 0 Å². The van der Waals surface area contributed by atoms with E-state index in [9.17, 15) is 0 Å². The SMILES string of the molecule is COc1ccc2c(c1)cc(CCCN1CCOCC1)n2C. The molecule has 1 aromatic heterocycles. The number of aryl methyl sites for hydroxylation is 2. The first-order chi connectivity index (χ1) is 10.3. The summed E-state index contributed by atoms with van der Waals surface area (Å²) in [7, 11) is 3.87. The maximum absolute atomic E-state index is 5.39. The second-order valence-electron chi connectivity index (χ2n) is 5.68. The Labute approximate surface area is 126 Å². The average molecular weight is 288 g/mol. The monoisotopic (exact) mass is 288 g/mol. The maximum Gasteiger partial charge on any atom is 0.119 e. The second kappa shape index (κ2) is 6.50. The van der Waals surface area contributed by atoms with Crippen molar-refractivity contribution in [2.75, 3.05) is 40.0 Å². The van der Waals surface area contributed by atoms with Gasteiger partial charge in [0.05, 0.1) is 20.3 Å². The van der Waals surface area contributed by atoms with E-state index in [0.29, 0.717) is 0 Å². The summed E-state index contributed by atoms with van der Waals surface area (Å²) in [6, 6.07) is 8.57. The number of aromatic nitrogens is 1. The molecule has 0 atom stereocenters. The highest BCUT2D eigenvalue weighted by atomic mass is 16.5. The first-order valence-corrected chi connectivity index (χ1v) is 7.70. The van der Waals surface area contributed by atoms with Crippen molar-refractivity contribution in [3.05, 3.63) is 30.0 Å². The number of morpholine rings is 1. The lowest BCUT2D eigenvalue weighted by molar-refractivity contribution is 0.0374. The molecule has 0 bridgehead atoms. The zero-order chi connectivity index (χ0) is 14.7. The molecule has 1 aliphatic rings. The lowest BCUT2D eigenvalue weighted by Crippen LogP contribution is -2.37. The van der Waals surface area contributed by atoms with Crippen LogP contribution in [0.4, 0.5) is 0 Å². The minimum Gasteiger partial charge on any atom is -0.497 e. The standard InChI is InChI=1S/C17H24N2O2/c1-18-15(4-3-7-19-8-10-21-11-9-19)12-14-13-16(20-2)5-6-17(14)18/h5-6,12-13H,3-4,7-11H2,1-2H3. The Hall–Kier alpha value is -1.52. The molecule has 4 nitrogen and oxygen atoms in total. The maximum atomic E-state index is 5.39. The van der Waals surface area contributed by atoms with E-state index in [1.807, 2.05) is 6.07 Å². The lowest BCUT2D eigenvalue weighted by atomic mass is 10.2. The minimum absolute atomic E-state index is 0.883. The molecule has 1 aliphatic heterocycles. The van der Waals surface area contributed by atoms with Gasteiger partial charge in [0.15, 0.2) is 0 Å². The summed E-state index contributed by atoms with van der Waals surface area (Å²) in [6.07, 6.45) is 2.31. The molecule has 0 amide bonds. The van der Waals surface area contributed by atoms with Gasteiger partial charge in [-0.15, -0.1) is 0 Å². The molecule has 0 N–H and O–H groups in total. The largest absolute Gasteiger partial charge is 0.497 e. The molecule has 4 heteroatoms. The lowest BCUT2D eigenvalue weighted by Gasteiger charge is -2.26. The molecule has 0 aliphatic carbocycles. The van der Waals surface area contributed by atoms with Gasteiger partial charge in [0.1, 0.15) is 5.75 Å². The molecule has 0 unspecified atom stereocenters. The topological polar surface area (TPSA) is 26.6 Å². The van der Waals surface area contributed by atoms with Gasteiger partial charge in [-0.25, -0.2) is 0 Å². The molecule has 0 radical (unpaired) electrons. The smallest absolute Gasteiger partial charge is 0.119 e. The van der Waals surface area contributed by atoms with Crippen LogP contribution in [0.15, 0.2) is 24.3 Å². The Balaban J connectivity index is 1.64. The molecule has 3 rings (SSSR count). The Kier molecular flexibility index (Phi) is 4.46. The Morgan fingerprint density at radius 1 is 1.19 bits per heavy atom. The molecule has 0 saturated carbocycles. The first kappa shape index (κ1) is 14.4. The molecular formula is C17H24N2O2. The van der Waals surface area contributed by atoms with Gasteiger partial charge < -0.3 is 14.0 Å². The predicted octanol–water partition coefficient (Wildman–Crippen LogP) is 2.45. The molecule has 1 saturated heterocycles. The summed E-state index contributed by atoms with van der Waals surface area (Å²) in [5.74, 6) is 0.924. The highest BCUT2D eigenvalue weighted by Crippen LogP contribution is 2.24. The fraction of sp³-hybridized carbons (Fsp3) is 0.529. The molecule has 1 fully saturated rings. The number of ether oxygens (including phenoxy) is 2. The van der Waals surface area contributed by atoms with E-state index in [1.165, 1.54) is 23.0 Å². The van der Waals surface area contributed by atoms with Crippen LogP contribution in [0.5, 0.6) is 5.75 Å². The number of rotatable bonds is 5. The number of hydrogen-bond donors (Lipinski definition) is 0. The van der Waals surface area contributed by atoms with E-state index in [4.69, 9.17) is 9.47 Å². The summed E-state index contributed by atoms with van der Waals surface area (Å²) in [6.45, 7) is 5.08. The third kappa shape index (κ3) is 3.22. The van der Waals surface area contributed by atoms with Crippen LogP contribution >= 0.6 is 0 Å². The van der Waals surface area contributed by atoms with Crippen LogP contribution in [0.25, 0.3) is 10.9 Å². The van der Waals surface area contributed by atoms with Crippen molar-refractivity contribution in [3.8, 4) is 5.75 Å². The number of methoxy groups -OCH3 is 1. The van der Waals surface area contributed by atoms with Crippen molar-refractivity contribution < 1.29 is 9.47 Å². The van der Waals surface area contributed by atoms with Crippen LogP contribution < -0.4 is 4.74 Å². The molecule has 0 spiro atoms. The third-order valence-electron chi connectivity index (χ3n) is 4.36. The van der Waals surface area contributed by atoms with Crippen molar-refractivity contribution in [2.45, 2.75) is 12.8 Å². The third-order valence-corrected chi connectivity index (χ3v) is 4.36. The van der Waals surface area contributed by atoms with E-state index in [1.54, 1.807) is 7.11 Å². The Bertz CT molecular complexity index is 600. The van der Waals surface area contributed by atoms with E-state index < -0.39 is 0 Å². The molecule has 21 heavy (non-hydrogen) atoms. The Morgan fingerprint density at radius 3 is 2.76 bits per heavy atom. The van der Waals surface area contributed by atoms with E-state index in [-0.39, 0.29) is 0 Å². The first-order valence-electron chi connectivity index (χ1n) is 7.70. The minimum atomic E-state index is 0.883. The quantitative estimate of drug-likeness (QED) is 0.845. The summed E-state index contributed by atoms with van der Waals surface area (Å²) in [5, 5.41) is 1.26. The summed E-state index contributed by atoms with van der Waals surface area (Å²) >= 11 is 0. The Morgan fingerprint density at radius 2 is 2.00 bits per heavy atom. The normalized spacial score (nSPS) is 16.5. The van der Waals surface area contributed by atoms with Crippen molar-refractivity contribution in [2.24, 2.45) is 7.05 Å². The van der Waals surface area contributed by atoms with Gasteiger partial charge in [-0.3, -0.25) is 4.90 Å². The van der Waals surface area contributed by atoms with Crippen molar-refractivity contribution in [1.29, 1.82) is 0 Å². The summed E-state index contributed by atoms with van der Waals surface area (Å²) in [5.41, 5.74) is 2.67. The summed E-state index contributed by atoms with van der Waals surface area (Å²) < 4.78 is 13.0. The molecule has 2 aromatic rings. The van der Waals surface area contributed by atoms with E-state index in [2.05, 4.69) is 34.7 Å². The fourth-order valence-corrected chi connectivity index (χ4v) is 3.06. The predicted molar refractivity (Wildman–Crippen MR) is 85.1 cm³/mol. The molecule has 2 heterocycles. The number of hydrogen-bond acceptors (Lipinski definition) is 3. The highest BCUT2D eigenvalue weighted by Gasteiger charge is 2.11. The van der Waals surface area contributed by atoms with Crippen LogP contribution in [0.2, 0.25) is 0 Å². The second-order valence-corrected chi connectivity index (χ2v) is 5.68. The van der Waals surface area contributed by atoms with Crippen molar-refractivity contribution in [3.63, 3.8) is 0 Å². The van der Waals surface area contributed by atoms with Gasteiger partial charge in [0.25, 0.3) is 0 Å². The zero-order valence-electron chi connectivity index (χ0n) is 13.0. The highest BCUT2D eigenvalue weighted by molar-refractivity contribution is 5.82. The number of nitrogens with zero attached hydrogens (tertiary/aromatic N) is 2. The number of benzene rings is 1. The van der Waals surface area contributed by atoms with Gasteiger partial charge >= 0.3 is 0 Å². The van der Waals surface area contributed by atoms with Crippen LogP contribution in [0, 0.1) is 0 Å². The number of fused-ring (bicyclic) bond motifs is 1. The van der Waals surface area contributed by atoms with Crippen molar-refractivity contribution >= 4 is 10.9 Å². The average Bonchev–Trinajstić information content (AvgIpc) is 2.84. The fourth-order valence-electron chi connectivity index (χ4n) is 3.06. The van der Waals surface area contributed by atoms with Crippen LogP contribution in [-0.4, -0.2) is 49.4 Å². The summed E-state index contributed by atoms with van der Waals surface area (Å²) in [4.78, 5) is 2.50. The van der Waals surface area contributed by atoms with Gasteiger partial charge in [-0.05, 0) is 43.7 Å². The van der Waals surface area contributed by atoms with Crippen LogP contribution in [-0.2, 0) is 18.2 Å². The van der Waals surface area contributed by atoms with Gasteiger partial charge in [-0.1, -0.05) is 0 Å². The van der Waals surface area contributed by atoms with Crippen LogP contribution in [0.3, 0.4) is 0 Å². The van der Waals surface area contributed by atoms with Gasteiger partial charge in [-0.2, -0.15) is 0 Å². The van der Waals surface area contributed by atoms with E-state index in [0.717, 1.165) is 45.0 Å². The molecule has 114 valence electrons. The van der Waals surface area contributed by atoms with E-state index >= 15 is 0 Å². The van der Waals surface area contributed by atoms with Crippen molar-refractivity contribution in [1.82, 2.24) is 9.47 Å². The van der Waals surface area contributed by atoms with Gasteiger partial charge in [0, 0.05) is 36.7 Å². The zero-order valence-corrected chi connectivity index (χ0v) is 13.0. The van der Waals surface area contributed by atoms with Crippen LogP contribution in [0.1, 0.15) is 12.1 Å².